The molecule has 0 unspecified atom stereocenters. The molecule has 0 heterocycles. The van der Waals surface area contributed by atoms with Crippen molar-refractivity contribution in [2.24, 2.45) is 10.7 Å². The minimum atomic E-state index is 0. The van der Waals surface area contributed by atoms with Crippen LogP contribution in [0.4, 0.5) is 5.69 Å². The Morgan fingerprint density at radius 1 is 1.09 bits per heavy atom. The van der Waals surface area contributed by atoms with Gasteiger partial charge in [0.15, 0.2) is 5.96 Å². The van der Waals surface area contributed by atoms with Crippen molar-refractivity contribution in [3.63, 3.8) is 0 Å². The molecular weight excluding hydrogens is 397 g/mol. The van der Waals surface area contributed by atoms with E-state index in [0.29, 0.717) is 12.5 Å². The van der Waals surface area contributed by atoms with Gasteiger partial charge in [-0.05, 0) is 60.9 Å². The molecule has 3 N–H and O–H groups in total. The zero-order valence-corrected chi connectivity index (χ0v) is 15.8. The van der Waals surface area contributed by atoms with Gasteiger partial charge < -0.3 is 11.1 Å². The fourth-order valence-electron chi connectivity index (χ4n) is 3.03. The first kappa shape index (κ1) is 17.8. The quantitative estimate of drug-likeness (QED) is 0.438. The first-order chi connectivity index (χ1) is 10.7. The molecule has 4 heteroatoms. The van der Waals surface area contributed by atoms with E-state index in [9.17, 15) is 0 Å². The molecule has 0 atom stereocenters. The third-order valence-electron chi connectivity index (χ3n) is 4.34. The van der Waals surface area contributed by atoms with Crippen LogP contribution in [0.25, 0.3) is 0 Å². The smallest absolute Gasteiger partial charge is 0.193 e. The molecule has 0 spiro atoms. The number of fused-ring (bicyclic) bond motifs is 1. The number of anilines is 1. The zero-order valence-electron chi connectivity index (χ0n) is 13.5. The molecule has 0 aliphatic heterocycles. The largest absolute Gasteiger partial charge is 0.370 e. The Hall–Kier alpha value is -1.56. The maximum absolute atomic E-state index is 6.08. The van der Waals surface area contributed by atoms with E-state index >= 15 is 0 Å². The fourth-order valence-corrected chi connectivity index (χ4v) is 3.03. The highest BCUT2D eigenvalue weighted by molar-refractivity contribution is 14.0. The van der Waals surface area contributed by atoms with Crippen LogP contribution in [-0.4, -0.2) is 5.96 Å². The van der Waals surface area contributed by atoms with Gasteiger partial charge in [0, 0.05) is 5.69 Å². The molecule has 0 saturated heterocycles. The number of guanidine groups is 1. The van der Waals surface area contributed by atoms with E-state index in [2.05, 4.69) is 47.6 Å². The second-order valence-electron chi connectivity index (χ2n) is 5.90. The van der Waals surface area contributed by atoms with Gasteiger partial charge in [-0.25, -0.2) is 4.99 Å². The third-order valence-corrected chi connectivity index (χ3v) is 4.34. The van der Waals surface area contributed by atoms with E-state index in [4.69, 9.17) is 5.73 Å². The standard InChI is InChI=1S/C19H23N3.HI/c1-14-7-2-3-9-16(14)13-21-19(20)22-18-12-6-10-15-8-4-5-11-17(15)18;/h2-3,6-7,9-10,12H,4-5,8,11,13H2,1H3,(H3,20,21,22);1H. The molecular formula is C19H24IN3. The summed E-state index contributed by atoms with van der Waals surface area (Å²) in [6.45, 7) is 2.71. The Balaban J connectivity index is 0.00000192. The molecule has 0 saturated carbocycles. The summed E-state index contributed by atoms with van der Waals surface area (Å²) < 4.78 is 0. The molecule has 0 bridgehead atoms. The summed E-state index contributed by atoms with van der Waals surface area (Å²) in [7, 11) is 0. The van der Waals surface area contributed by atoms with Crippen molar-refractivity contribution in [1.29, 1.82) is 0 Å². The summed E-state index contributed by atoms with van der Waals surface area (Å²) in [5, 5.41) is 3.29. The summed E-state index contributed by atoms with van der Waals surface area (Å²) in [6.07, 6.45) is 4.84. The lowest BCUT2D eigenvalue weighted by molar-refractivity contribution is 0.687. The van der Waals surface area contributed by atoms with E-state index in [0.717, 1.165) is 12.1 Å². The van der Waals surface area contributed by atoms with Crippen LogP contribution >= 0.6 is 24.0 Å². The van der Waals surface area contributed by atoms with Gasteiger partial charge in [0.2, 0.25) is 0 Å². The Morgan fingerprint density at radius 3 is 2.70 bits per heavy atom. The molecule has 23 heavy (non-hydrogen) atoms. The summed E-state index contributed by atoms with van der Waals surface area (Å²) >= 11 is 0. The highest BCUT2D eigenvalue weighted by Gasteiger charge is 2.13. The van der Waals surface area contributed by atoms with Gasteiger partial charge in [0.1, 0.15) is 0 Å². The van der Waals surface area contributed by atoms with Crippen molar-refractivity contribution in [3.05, 3.63) is 64.7 Å². The van der Waals surface area contributed by atoms with Crippen LogP contribution in [0.1, 0.15) is 35.1 Å². The summed E-state index contributed by atoms with van der Waals surface area (Å²) in [6, 6.07) is 14.7. The summed E-state index contributed by atoms with van der Waals surface area (Å²) in [5.41, 5.74) is 12.5. The number of rotatable bonds is 3. The minimum Gasteiger partial charge on any atom is -0.370 e. The highest BCUT2D eigenvalue weighted by atomic mass is 127. The number of nitrogens with zero attached hydrogens (tertiary/aromatic N) is 1. The number of nitrogens with two attached hydrogens (primary N) is 1. The average molecular weight is 421 g/mol. The molecule has 0 aromatic heterocycles. The SMILES string of the molecule is Cc1ccccc1CN=C(N)Nc1cccc2c1CCCC2.I. The average Bonchev–Trinajstić information content (AvgIpc) is 2.54. The molecule has 1 aliphatic carbocycles. The fraction of sp³-hybridized carbons (Fsp3) is 0.316. The topological polar surface area (TPSA) is 50.4 Å². The van der Waals surface area contributed by atoms with E-state index in [1.54, 1.807) is 0 Å². The molecule has 3 rings (SSSR count). The summed E-state index contributed by atoms with van der Waals surface area (Å²) in [5.74, 6) is 0.488. The number of aliphatic imine (C=N–C) groups is 1. The molecule has 122 valence electrons. The third kappa shape index (κ3) is 4.47. The lowest BCUT2D eigenvalue weighted by Crippen LogP contribution is -2.24. The predicted octanol–water partition coefficient (Wildman–Crippen LogP) is 4.42. The first-order valence-corrected chi connectivity index (χ1v) is 7.96. The lowest BCUT2D eigenvalue weighted by atomic mass is 9.90. The maximum Gasteiger partial charge on any atom is 0.193 e. The maximum atomic E-state index is 6.08. The number of aryl methyl sites for hydroxylation is 2. The van der Waals surface area contributed by atoms with E-state index < -0.39 is 0 Å². The molecule has 3 nitrogen and oxygen atoms in total. The molecule has 0 fully saturated rings. The van der Waals surface area contributed by atoms with E-state index in [-0.39, 0.29) is 24.0 Å². The van der Waals surface area contributed by atoms with Crippen molar-refractivity contribution < 1.29 is 0 Å². The van der Waals surface area contributed by atoms with Crippen molar-refractivity contribution in [2.75, 3.05) is 5.32 Å². The van der Waals surface area contributed by atoms with Gasteiger partial charge in [-0.15, -0.1) is 24.0 Å². The summed E-state index contributed by atoms with van der Waals surface area (Å²) in [4.78, 5) is 4.48. The van der Waals surface area contributed by atoms with Gasteiger partial charge in [0.25, 0.3) is 0 Å². The van der Waals surface area contributed by atoms with Crippen molar-refractivity contribution in [3.8, 4) is 0 Å². The Morgan fingerprint density at radius 2 is 1.87 bits per heavy atom. The van der Waals surface area contributed by atoms with Crippen LogP contribution in [-0.2, 0) is 19.4 Å². The second-order valence-corrected chi connectivity index (χ2v) is 5.90. The molecule has 2 aromatic carbocycles. The number of hydrogen-bond acceptors (Lipinski definition) is 1. The molecule has 0 radical (unpaired) electrons. The van der Waals surface area contributed by atoms with E-state index in [1.165, 1.54) is 41.5 Å². The van der Waals surface area contributed by atoms with Gasteiger partial charge in [0.05, 0.1) is 6.54 Å². The van der Waals surface area contributed by atoms with Crippen molar-refractivity contribution in [2.45, 2.75) is 39.2 Å². The van der Waals surface area contributed by atoms with Gasteiger partial charge >= 0.3 is 0 Å². The highest BCUT2D eigenvalue weighted by Crippen LogP contribution is 2.27. The lowest BCUT2D eigenvalue weighted by Gasteiger charge is -2.19. The molecule has 1 aliphatic rings. The normalized spacial score (nSPS) is 13.9. The second kappa shape index (κ2) is 8.34. The first-order valence-electron chi connectivity index (χ1n) is 7.96. The Kier molecular flexibility index (Phi) is 6.45. The Labute approximate surface area is 155 Å². The van der Waals surface area contributed by atoms with Crippen LogP contribution in [0.5, 0.6) is 0 Å². The van der Waals surface area contributed by atoms with E-state index in [1.807, 2.05) is 12.1 Å². The van der Waals surface area contributed by atoms with Gasteiger partial charge in [-0.1, -0.05) is 36.4 Å². The Bertz CT molecular complexity index is 695. The molecule has 2 aromatic rings. The van der Waals surface area contributed by atoms with Crippen molar-refractivity contribution >= 4 is 35.6 Å². The molecule has 0 amide bonds. The predicted molar refractivity (Wildman–Crippen MR) is 109 cm³/mol. The number of hydrogen-bond donors (Lipinski definition) is 2. The van der Waals surface area contributed by atoms with Gasteiger partial charge in [-0.2, -0.15) is 0 Å². The van der Waals surface area contributed by atoms with Gasteiger partial charge in [-0.3, -0.25) is 0 Å². The number of benzene rings is 2. The monoisotopic (exact) mass is 421 g/mol. The van der Waals surface area contributed by atoms with Crippen LogP contribution in [0.2, 0.25) is 0 Å². The number of halogens is 1. The van der Waals surface area contributed by atoms with Crippen LogP contribution in [0, 0.1) is 6.92 Å². The van der Waals surface area contributed by atoms with Crippen LogP contribution in [0.3, 0.4) is 0 Å². The zero-order chi connectivity index (χ0) is 15.4. The number of nitrogens with one attached hydrogen (secondary N) is 1. The van der Waals surface area contributed by atoms with Crippen LogP contribution < -0.4 is 11.1 Å². The van der Waals surface area contributed by atoms with Crippen LogP contribution in [0.15, 0.2) is 47.5 Å². The minimum absolute atomic E-state index is 0. The van der Waals surface area contributed by atoms with Crippen molar-refractivity contribution in [1.82, 2.24) is 0 Å².